The van der Waals surface area contributed by atoms with Crippen molar-refractivity contribution in [2.75, 3.05) is 11.4 Å². The van der Waals surface area contributed by atoms with Gasteiger partial charge in [-0.05, 0) is 24.4 Å². The lowest BCUT2D eigenvalue weighted by Gasteiger charge is -2.26. The monoisotopic (exact) mass is 178 g/mol. The molecule has 1 aromatic carbocycles. The SMILES string of the molecule is [2H]C1CCN(C(=O)O)c2ccccc21. The summed E-state index contributed by atoms with van der Waals surface area (Å²) >= 11 is 0. The van der Waals surface area contributed by atoms with Gasteiger partial charge >= 0.3 is 6.09 Å². The quantitative estimate of drug-likeness (QED) is 0.661. The Hall–Kier alpha value is -1.51. The highest BCUT2D eigenvalue weighted by Gasteiger charge is 2.20. The standard InChI is InChI=1S/C10H11NO2/c12-10(13)11-7-3-5-8-4-1-2-6-9(8)11/h1-2,4,6H,3,5,7H2,(H,12,13)/i5D. The molecular formula is C10H11NO2. The van der Waals surface area contributed by atoms with Gasteiger partial charge in [0.05, 0.1) is 5.69 Å². The molecule has 3 heteroatoms. The van der Waals surface area contributed by atoms with Crippen LogP contribution in [-0.2, 0) is 6.40 Å². The molecule has 0 radical (unpaired) electrons. The number of fused-ring (bicyclic) bond motifs is 1. The van der Waals surface area contributed by atoms with Crippen molar-refractivity contribution >= 4 is 11.8 Å². The van der Waals surface area contributed by atoms with E-state index in [2.05, 4.69) is 0 Å². The van der Waals surface area contributed by atoms with Crippen LogP contribution in [0.3, 0.4) is 0 Å². The summed E-state index contributed by atoms with van der Waals surface area (Å²) in [5, 5.41) is 8.94. The molecule has 0 aliphatic carbocycles. The summed E-state index contributed by atoms with van der Waals surface area (Å²) in [6.45, 7) is 0.417. The summed E-state index contributed by atoms with van der Waals surface area (Å²) in [6.07, 6.45) is -0.658. The minimum Gasteiger partial charge on any atom is -0.465 e. The van der Waals surface area contributed by atoms with Crippen LogP contribution in [0.4, 0.5) is 10.5 Å². The highest BCUT2D eigenvalue weighted by atomic mass is 16.4. The maximum Gasteiger partial charge on any atom is 0.411 e. The average Bonchev–Trinajstić information content (AvgIpc) is 2.18. The van der Waals surface area contributed by atoms with Crippen LogP contribution in [0.15, 0.2) is 24.3 Å². The molecule has 2 rings (SSSR count). The van der Waals surface area contributed by atoms with Crippen molar-refractivity contribution in [2.45, 2.75) is 12.8 Å². The van der Waals surface area contributed by atoms with Gasteiger partial charge in [0.15, 0.2) is 0 Å². The van der Waals surface area contributed by atoms with E-state index in [-0.39, 0.29) is 6.40 Å². The third-order valence-corrected chi connectivity index (χ3v) is 2.18. The molecule has 0 spiro atoms. The maximum absolute atomic E-state index is 10.9. The van der Waals surface area contributed by atoms with Gasteiger partial charge in [-0.1, -0.05) is 18.2 Å². The molecule has 13 heavy (non-hydrogen) atoms. The minimum absolute atomic E-state index is 0.290. The Morgan fingerprint density at radius 2 is 2.31 bits per heavy atom. The van der Waals surface area contributed by atoms with E-state index in [1.807, 2.05) is 12.1 Å². The van der Waals surface area contributed by atoms with Crippen LogP contribution in [0.1, 0.15) is 13.4 Å². The van der Waals surface area contributed by atoms with Crippen molar-refractivity contribution in [2.24, 2.45) is 0 Å². The van der Waals surface area contributed by atoms with Gasteiger partial charge in [-0.25, -0.2) is 4.79 Å². The van der Waals surface area contributed by atoms with E-state index in [0.29, 0.717) is 18.7 Å². The summed E-state index contributed by atoms with van der Waals surface area (Å²) in [4.78, 5) is 12.2. The van der Waals surface area contributed by atoms with Crippen LogP contribution in [0.2, 0.25) is 0 Å². The van der Waals surface area contributed by atoms with Crippen molar-refractivity contribution < 1.29 is 11.3 Å². The number of carbonyl (C=O) groups is 1. The van der Waals surface area contributed by atoms with Crippen molar-refractivity contribution in [3.63, 3.8) is 0 Å². The Morgan fingerprint density at radius 3 is 3.08 bits per heavy atom. The van der Waals surface area contributed by atoms with E-state index in [9.17, 15) is 4.79 Å². The molecule has 0 aromatic heterocycles. The van der Waals surface area contributed by atoms with E-state index in [4.69, 9.17) is 6.48 Å². The van der Waals surface area contributed by atoms with Crippen molar-refractivity contribution in [1.29, 1.82) is 0 Å². The third-order valence-electron chi connectivity index (χ3n) is 2.18. The first kappa shape index (κ1) is 6.95. The number of anilines is 1. The number of rotatable bonds is 0. The molecule has 1 unspecified atom stereocenters. The number of carboxylic acid groups (broad SMARTS) is 1. The summed E-state index contributed by atoms with van der Waals surface area (Å²) in [5.74, 6) is 0. The van der Waals surface area contributed by atoms with E-state index in [1.165, 1.54) is 4.90 Å². The molecule has 1 heterocycles. The molecule has 1 atom stereocenters. The van der Waals surface area contributed by atoms with E-state index in [0.717, 1.165) is 5.56 Å². The topological polar surface area (TPSA) is 40.5 Å². The second kappa shape index (κ2) is 3.09. The Balaban J connectivity index is 2.46. The van der Waals surface area contributed by atoms with Crippen molar-refractivity contribution in [3.8, 4) is 0 Å². The molecule has 1 N–H and O–H groups in total. The summed E-state index contributed by atoms with van der Waals surface area (Å²) in [7, 11) is 0. The lowest BCUT2D eigenvalue weighted by Crippen LogP contribution is -2.33. The number of aryl methyl sites for hydroxylation is 1. The van der Waals surface area contributed by atoms with Crippen LogP contribution in [0.5, 0.6) is 0 Å². The number of hydrogen-bond acceptors (Lipinski definition) is 1. The molecule has 68 valence electrons. The Kier molecular flexibility index (Phi) is 1.65. The molecular weight excluding hydrogens is 166 g/mol. The van der Waals surface area contributed by atoms with E-state index in [1.54, 1.807) is 12.1 Å². The molecule has 1 amide bonds. The minimum atomic E-state index is -0.940. The van der Waals surface area contributed by atoms with Crippen LogP contribution >= 0.6 is 0 Å². The van der Waals surface area contributed by atoms with Gasteiger partial charge in [0.2, 0.25) is 0 Å². The van der Waals surface area contributed by atoms with Crippen LogP contribution in [0.25, 0.3) is 0 Å². The summed E-state index contributed by atoms with van der Waals surface area (Å²) in [5.41, 5.74) is 1.47. The highest BCUT2D eigenvalue weighted by Crippen LogP contribution is 2.26. The fourth-order valence-corrected chi connectivity index (χ4v) is 1.57. The summed E-state index contributed by atoms with van der Waals surface area (Å²) in [6, 6.07) is 7.21. The van der Waals surface area contributed by atoms with Gasteiger partial charge in [-0.3, -0.25) is 4.90 Å². The van der Waals surface area contributed by atoms with Gasteiger partial charge in [-0.15, -0.1) is 0 Å². The Bertz CT molecular complexity index is 367. The molecule has 1 aliphatic rings. The smallest absolute Gasteiger partial charge is 0.411 e. The van der Waals surface area contributed by atoms with Crippen LogP contribution < -0.4 is 4.90 Å². The van der Waals surface area contributed by atoms with Gasteiger partial charge in [0.1, 0.15) is 0 Å². The first-order chi connectivity index (χ1) is 6.70. The number of amides is 1. The second-order valence-corrected chi connectivity index (χ2v) is 2.99. The molecule has 0 fully saturated rings. The number of benzene rings is 1. The molecule has 1 aliphatic heterocycles. The molecule has 3 nitrogen and oxygen atoms in total. The molecule has 1 aromatic rings. The second-order valence-electron chi connectivity index (χ2n) is 2.99. The van der Waals surface area contributed by atoms with E-state index >= 15 is 0 Å². The zero-order valence-electron chi connectivity index (χ0n) is 8.10. The van der Waals surface area contributed by atoms with E-state index < -0.39 is 6.09 Å². The van der Waals surface area contributed by atoms with Crippen molar-refractivity contribution in [1.82, 2.24) is 0 Å². The lowest BCUT2D eigenvalue weighted by atomic mass is 10.0. The van der Waals surface area contributed by atoms with Crippen LogP contribution in [-0.4, -0.2) is 17.7 Å². The third kappa shape index (κ3) is 1.37. The zero-order chi connectivity index (χ0) is 10.1. The Morgan fingerprint density at radius 1 is 1.54 bits per heavy atom. The Labute approximate surface area is 78.0 Å². The maximum atomic E-state index is 10.9. The lowest BCUT2D eigenvalue weighted by molar-refractivity contribution is 0.201. The van der Waals surface area contributed by atoms with Gasteiger partial charge in [0.25, 0.3) is 0 Å². The fraction of sp³-hybridized carbons (Fsp3) is 0.300. The van der Waals surface area contributed by atoms with Gasteiger partial charge in [0, 0.05) is 7.92 Å². The predicted molar refractivity (Wildman–Crippen MR) is 50.1 cm³/mol. The average molecular weight is 178 g/mol. The number of para-hydroxylation sites is 1. The zero-order valence-corrected chi connectivity index (χ0v) is 7.10. The molecule has 0 saturated heterocycles. The fourth-order valence-electron chi connectivity index (χ4n) is 1.57. The number of hydrogen-bond donors (Lipinski definition) is 1. The first-order valence-electron chi connectivity index (χ1n) is 4.79. The highest BCUT2D eigenvalue weighted by molar-refractivity contribution is 5.87. The summed E-state index contributed by atoms with van der Waals surface area (Å²) < 4.78 is 7.77. The van der Waals surface area contributed by atoms with Crippen molar-refractivity contribution in [3.05, 3.63) is 29.8 Å². The first-order valence-corrected chi connectivity index (χ1v) is 4.22. The largest absolute Gasteiger partial charge is 0.465 e. The molecule has 0 saturated carbocycles. The molecule has 0 bridgehead atoms. The predicted octanol–water partition coefficient (Wildman–Crippen LogP) is 2.12. The van der Waals surface area contributed by atoms with Gasteiger partial charge in [-0.2, -0.15) is 0 Å². The van der Waals surface area contributed by atoms with Gasteiger partial charge < -0.3 is 5.11 Å². The normalized spacial score (nSPS) is 22.0. The number of nitrogens with zero attached hydrogens (tertiary/aromatic N) is 1. The van der Waals surface area contributed by atoms with Crippen LogP contribution in [0, 0.1) is 0 Å².